The van der Waals surface area contributed by atoms with Crippen molar-refractivity contribution in [3.05, 3.63) is 15.6 Å². The van der Waals surface area contributed by atoms with Gasteiger partial charge in [0.1, 0.15) is 0 Å². The number of hydrogen-bond acceptors (Lipinski definition) is 4. The molecule has 1 saturated carbocycles. The summed E-state index contributed by atoms with van der Waals surface area (Å²) < 4.78 is 0. The lowest BCUT2D eigenvalue weighted by atomic mass is 9.78. The van der Waals surface area contributed by atoms with Gasteiger partial charge < -0.3 is 5.73 Å². The highest BCUT2D eigenvalue weighted by molar-refractivity contribution is 7.11. The number of likely N-dealkylation sites (tertiary alicyclic amines) is 1. The predicted molar refractivity (Wildman–Crippen MR) is 82.9 cm³/mol. The van der Waals surface area contributed by atoms with E-state index in [1.165, 1.54) is 47.9 Å². The van der Waals surface area contributed by atoms with Gasteiger partial charge in [0.15, 0.2) is 0 Å². The minimum Gasteiger partial charge on any atom is -0.327 e. The van der Waals surface area contributed by atoms with E-state index in [1.54, 1.807) is 0 Å². The van der Waals surface area contributed by atoms with E-state index in [4.69, 9.17) is 5.73 Å². The number of hydrogen-bond donors (Lipinski definition) is 1. The molecule has 0 radical (unpaired) electrons. The third kappa shape index (κ3) is 3.13. The molecule has 1 aliphatic heterocycles. The molecule has 1 aromatic rings. The summed E-state index contributed by atoms with van der Waals surface area (Å²) in [5.41, 5.74) is 7.49. The first-order valence-corrected chi connectivity index (χ1v) is 7.86. The van der Waals surface area contributed by atoms with E-state index in [1.807, 2.05) is 11.3 Å². The molecule has 0 aromatic carbocycles. The Morgan fingerprint density at radius 2 is 2.11 bits per heavy atom. The average Bonchev–Trinajstić information content (AvgIpc) is 2.84. The Morgan fingerprint density at radius 3 is 2.74 bits per heavy atom. The molecule has 2 fully saturated rings. The van der Waals surface area contributed by atoms with Crippen molar-refractivity contribution in [2.45, 2.75) is 45.7 Å². The summed E-state index contributed by atoms with van der Waals surface area (Å²) in [4.78, 5) is 8.57. The summed E-state index contributed by atoms with van der Waals surface area (Å²) >= 11 is 1.85. The standard InChI is InChI=1S/C14H23N3S.ClH/c1-9-14(18-10(2)16-9)8-17-6-11-4-3-5-13(15)12(11)7-17;/h11-13H,3-8,15H2,1-2H3;1H. The SMILES string of the molecule is Cc1nc(C)c(CN2CC3CCCC(N)C3C2)s1.Cl. The predicted octanol–water partition coefficient (Wildman–Crippen LogP) is 2.74. The van der Waals surface area contributed by atoms with Crippen LogP contribution in [0.25, 0.3) is 0 Å². The number of nitrogens with zero attached hydrogens (tertiary/aromatic N) is 2. The Morgan fingerprint density at radius 1 is 1.32 bits per heavy atom. The molecule has 2 aliphatic rings. The fourth-order valence-corrected chi connectivity index (χ4v) is 4.64. The van der Waals surface area contributed by atoms with E-state index in [0.29, 0.717) is 6.04 Å². The van der Waals surface area contributed by atoms with Crippen LogP contribution in [0.3, 0.4) is 0 Å². The van der Waals surface area contributed by atoms with Crippen LogP contribution < -0.4 is 5.73 Å². The monoisotopic (exact) mass is 301 g/mol. The smallest absolute Gasteiger partial charge is 0.0900 e. The van der Waals surface area contributed by atoms with Crippen molar-refractivity contribution in [1.29, 1.82) is 0 Å². The van der Waals surface area contributed by atoms with E-state index in [0.717, 1.165) is 18.4 Å². The Balaban J connectivity index is 0.00000133. The lowest BCUT2D eigenvalue weighted by molar-refractivity contribution is 0.259. The topological polar surface area (TPSA) is 42.2 Å². The van der Waals surface area contributed by atoms with Crippen LogP contribution >= 0.6 is 23.7 Å². The zero-order valence-corrected chi connectivity index (χ0v) is 13.4. The van der Waals surface area contributed by atoms with E-state index in [-0.39, 0.29) is 12.4 Å². The summed E-state index contributed by atoms with van der Waals surface area (Å²) in [6.07, 6.45) is 3.94. The molecule has 5 heteroatoms. The van der Waals surface area contributed by atoms with E-state index < -0.39 is 0 Å². The van der Waals surface area contributed by atoms with Gasteiger partial charge in [-0.15, -0.1) is 23.7 Å². The summed E-state index contributed by atoms with van der Waals surface area (Å²) in [5.74, 6) is 1.59. The first kappa shape index (κ1) is 15.2. The van der Waals surface area contributed by atoms with Gasteiger partial charge in [-0.2, -0.15) is 0 Å². The maximum Gasteiger partial charge on any atom is 0.0900 e. The molecule has 3 nitrogen and oxygen atoms in total. The van der Waals surface area contributed by atoms with Crippen LogP contribution in [0.1, 0.15) is 34.8 Å². The number of halogens is 1. The summed E-state index contributed by atoms with van der Waals surface area (Å²) in [6, 6.07) is 0.443. The molecule has 1 saturated heterocycles. The van der Waals surface area contributed by atoms with Crippen LogP contribution in [0.15, 0.2) is 0 Å². The van der Waals surface area contributed by atoms with Crippen molar-refractivity contribution in [3.63, 3.8) is 0 Å². The summed E-state index contributed by atoms with van der Waals surface area (Å²) in [5, 5.41) is 1.19. The Labute approximate surface area is 126 Å². The van der Waals surface area contributed by atoms with E-state index in [9.17, 15) is 0 Å². The third-order valence-corrected chi connectivity index (χ3v) is 5.65. The minimum absolute atomic E-state index is 0. The lowest BCUT2D eigenvalue weighted by Gasteiger charge is -2.29. The molecule has 1 aromatic heterocycles. The fourth-order valence-electron chi connectivity index (χ4n) is 3.66. The molecule has 2 heterocycles. The molecule has 3 atom stereocenters. The molecular weight excluding hydrogens is 278 g/mol. The number of aromatic nitrogens is 1. The average molecular weight is 302 g/mol. The Hall–Kier alpha value is -0.160. The van der Waals surface area contributed by atoms with Gasteiger partial charge in [-0.05, 0) is 38.5 Å². The lowest BCUT2D eigenvalue weighted by Crippen LogP contribution is -2.38. The van der Waals surface area contributed by atoms with Gasteiger partial charge >= 0.3 is 0 Å². The van der Waals surface area contributed by atoms with Gasteiger partial charge in [0, 0.05) is 30.6 Å². The number of nitrogens with two attached hydrogens (primary N) is 1. The number of aryl methyl sites for hydroxylation is 2. The van der Waals surface area contributed by atoms with Gasteiger partial charge in [0.25, 0.3) is 0 Å². The Kier molecular flexibility index (Phi) is 4.88. The van der Waals surface area contributed by atoms with Gasteiger partial charge in [-0.1, -0.05) is 6.42 Å². The first-order chi connectivity index (χ1) is 8.63. The van der Waals surface area contributed by atoms with Crippen molar-refractivity contribution >= 4 is 23.7 Å². The van der Waals surface area contributed by atoms with Crippen molar-refractivity contribution in [2.24, 2.45) is 17.6 Å². The van der Waals surface area contributed by atoms with E-state index in [2.05, 4.69) is 23.7 Å². The van der Waals surface area contributed by atoms with Gasteiger partial charge in [0.2, 0.25) is 0 Å². The molecule has 0 spiro atoms. The van der Waals surface area contributed by atoms with Crippen molar-refractivity contribution < 1.29 is 0 Å². The van der Waals surface area contributed by atoms with Crippen LogP contribution in [-0.2, 0) is 6.54 Å². The molecule has 3 rings (SSSR count). The molecule has 0 amide bonds. The molecule has 2 N–H and O–H groups in total. The van der Waals surface area contributed by atoms with E-state index >= 15 is 0 Å². The second-order valence-electron chi connectivity index (χ2n) is 5.95. The van der Waals surface area contributed by atoms with Crippen molar-refractivity contribution in [1.82, 2.24) is 9.88 Å². The van der Waals surface area contributed by atoms with Crippen LogP contribution in [0.4, 0.5) is 0 Å². The van der Waals surface area contributed by atoms with Gasteiger partial charge in [0.05, 0.1) is 10.7 Å². The van der Waals surface area contributed by atoms with Crippen LogP contribution in [-0.4, -0.2) is 29.0 Å². The molecule has 1 aliphatic carbocycles. The zero-order valence-electron chi connectivity index (χ0n) is 11.8. The van der Waals surface area contributed by atoms with Crippen molar-refractivity contribution in [3.8, 4) is 0 Å². The van der Waals surface area contributed by atoms with Crippen LogP contribution in [0.5, 0.6) is 0 Å². The Bertz CT molecular complexity index is 434. The number of rotatable bonds is 2. The van der Waals surface area contributed by atoms with Crippen LogP contribution in [0.2, 0.25) is 0 Å². The van der Waals surface area contributed by atoms with Gasteiger partial charge in [-0.3, -0.25) is 4.90 Å². The summed E-state index contributed by atoms with van der Waals surface area (Å²) in [6.45, 7) is 7.75. The largest absolute Gasteiger partial charge is 0.327 e. The fraction of sp³-hybridized carbons (Fsp3) is 0.786. The second kappa shape index (κ2) is 6.08. The van der Waals surface area contributed by atoms with Crippen molar-refractivity contribution in [2.75, 3.05) is 13.1 Å². The maximum absolute atomic E-state index is 6.27. The first-order valence-electron chi connectivity index (χ1n) is 7.04. The van der Waals surface area contributed by atoms with Gasteiger partial charge in [-0.25, -0.2) is 4.98 Å². The second-order valence-corrected chi connectivity index (χ2v) is 7.24. The highest BCUT2D eigenvalue weighted by atomic mass is 35.5. The summed E-state index contributed by atoms with van der Waals surface area (Å²) in [7, 11) is 0. The van der Waals surface area contributed by atoms with Crippen LogP contribution in [0, 0.1) is 25.7 Å². The minimum atomic E-state index is 0. The highest BCUT2D eigenvalue weighted by Gasteiger charge is 2.38. The zero-order chi connectivity index (χ0) is 12.7. The normalized spacial score (nSPS) is 31.0. The third-order valence-electron chi connectivity index (χ3n) is 4.60. The molecule has 3 unspecified atom stereocenters. The molecule has 108 valence electrons. The molecule has 19 heavy (non-hydrogen) atoms. The number of thiazole rings is 1. The maximum atomic E-state index is 6.27. The highest BCUT2D eigenvalue weighted by Crippen LogP contribution is 2.36. The molecule has 0 bridgehead atoms. The number of fused-ring (bicyclic) bond motifs is 1. The molecular formula is C14H24ClN3S. The quantitative estimate of drug-likeness (QED) is 0.913.